The van der Waals surface area contributed by atoms with Gasteiger partial charge in [0.2, 0.25) is 0 Å². The zero-order valence-corrected chi connectivity index (χ0v) is 12.9. The number of aromatic nitrogens is 1. The second kappa shape index (κ2) is 7.36. The van der Waals surface area contributed by atoms with Crippen molar-refractivity contribution < 1.29 is 9.36 Å². The first-order valence-corrected chi connectivity index (χ1v) is 7.71. The zero-order valence-electron chi connectivity index (χ0n) is 12.9. The topological polar surface area (TPSA) is 33.0 Å². The summed E-state index contributed by atoms with van der Waals surface area (Å²) < 4.78 is 2.12. The summed E-state index contributed by atoms with van der Waals surface area (Å²) in [4.78, 5) is 12.1. The van der Waals surface area contributed by atoms with Gasteiger partial charge in [-0.05, 0) is 17.7 Å². The van der Waals surface area contributed by atoms with E-state index < -0.39 is 0 Å². The fourth-order valence-corrected chi connectivity index (χ4v) is 2.39. The summed E-state index contributed by atoms with van der Waals surface area (Å²) in [6, 6.07) is 23.5. The maximum absolute atomic E-state index is 12.1. The fraction of sp³-hybridized carbons (Fsp3) is 0.100. The Hall–Kier alpha value is -2.94. The summed E-state index contributed by atoms with van der Waals surface area (Å²) in [7, 11) is 0. The molecule has 1 amide bonds. The number of hydrogen-bond acceptors (Lipinski definition) is 1. The third kappa shape index (κ3) is 4.27. The number of anilines is 1. The van der Waals surface area contributed by atoms with Crippen LogP contribution in [0.3, 0.4) is 0 Å². The highest BCUT2D eigenvalue weighted by Gasteiger charge is 2.07. The molecule has 0 aliphatic carbocycles. The van der Waals surface area contributed by atoms with Gasteiger partial charge in [0.25, 0.3) is 5.91 Å². The molecule has 0 radical (unpaired) electrons. The lowest BCUT2D eigenvalue weighted by Crippen LogP contribution is -2.33. The largest absolute Gasteiger partial charge is 0.322 e. The van der Waals surface area contributed by atoms with E-state index in [4.69, 9.17) is 0 Å². The molecule has 0 bridgehead atoms. The second-order valence-corrected chi connectivity index (χ2v) is 5.38. The highest BCUT2D eigenvalue weighted by molar-refractivity contribution is 6.04. The van der Waals surface area contributed by atoms with Gasteiger partial charge in [0, 0.05) is 24.1 Å². The van der Waals surface area contributed by atoms with Crippen LogP contribution in [0.15, 0.2) is 85.2 Å². The molecule has 0 saturated carbocycles. The molecule has 2 aromatic carbocycles. The number of rotatable bonds is 5. The Morgan fingerprint density at radius 3 is 2.09 bits per heavy atom. The van der Waals surface area contributed by atoms with E-state index in [0.717, 1.165) is 18.7 Å². The van der Waals surface area contributed by atoms with Gasteiger partial charge in [-0.15, -0.1) is 0 Å². The minimum Gasteiger partial charge on any atom is -0.322 e. The molecule has 0 fully saturated rings. The molecule has 1 N–H and O–H groups in total. The number of aryl methyl sites for hydroxylation is 2. The third-order valence-corrected chi connectivity index (χ3v) is 3.69. The van der Waals surface area contributed by atoms with Crippen molar-refractivity contribution in [3.05, 3.63) is 96.3 Å². The Morgan fingerprint density at radius 2 is 1.43 bits per heavy atom. The smallest absolute Gasteiger partial charge is 0.255 e. The van der Waals surface area contributed by atoms with E-state index in [1.807, 2.05) is 48.8 Å². The Kier molecular flexibility index (Phi) is 4.79. The van der Waals surface area contributed by atoms with Crippen molar-refractivity contribution in [1.29, 1.82) is 0 Å². The maximum atomic E-state index is 12.1. The van der Waals surface area contributed by atoms with Crippen LogP contribution >= 0.6 is 0 Å². The normalized spacial score (nSPS) is 10.3. The van der Waals surface area contributed by atoms with Crippen LogP contribution in [0.2, 0.25) is 0 Å². The summed E-state index contributed by atoms with van der Waals surface area (Å²) in [5, 5.41) is 2.91. The molecule has 3 nitrogen and oxygen atoms in total. The SMILES string of the molecule is O=C(Nc1cc[n+](CCc2ccccc2)cc1)c1ccccc1. The van der Waals surface area contributed by atoms with Gasteiger partial charge >= 0.3 is 0 Å². The lowest BCUT2D eigenvalue weighted by Gasteiger charge is -2.04. The van der Waals surface area contributed by atoms with E-state index in [2.05, 4.69) is 34.1 Å². The van der Waals surface area contributed by atoms with Gasteiger partial charge in [-0.1, -0.05) is 48.5 Å². The first kappa shape index (κ1) is 15.0. The standard InChI is InChI=1S/C20H18N2O/c23-20(18-9-5-2-6-10-18)21-19-12-15-22(16-13-19)14-11-17-7-3-1-4-8-17/h1-10,12-13,15-16H,11,14H2/p+1. The van der Waals surface area contributed by atoms with Crippen LogP contribution in [0.1, 0.15) is 15.9 Å². The van der Waals surface area contributed by atoms with Crippen molar-refractivity contribution in [1.82, 2.24) is 0 Å². The van der Waals surface area contributed by atoms with Crippen molar-refractivity contribution in [2.45, 2.75) is 13.0 Å². The number of carbonyl (C=O) groups is 1. The molecule has 3 heteroatoms. The monoisotopic (exact) mass is 303 g/mol. The Bertz CT molecular complexity index is 753. The van der Waals surface area contributed by atoms with Crippen LogP contribution < -0.4 is 9.88 Å². The predicted molar refractivity (Wildman–Crippen MR) is 91.2 cm³/mol. The molecule has 0 atom stereocenters. The van der Waals surface area contributed by atoms with Gasteiger partial charge < -0.3 is 5.32 Å². The molecule has 114 valence electrons. The van der Waals surface area contributed by atoms with Gasteiger partial charge in [0.1, 0.15) is 0 Å². The molecule has 1 aromatic heterocycles. The Balaban J connectivity index is 1.58. The molecular formula is C20H19N2O+. The molecule has 0 aliphatic rings. The molecule has 0 unspecified atom stereocenters. The molecule has 3 rings (SSSR count). The average molecular weight is 303 g/mol. The quantitative estimate of drug-likeness (QED) is 0.719. The van der Waals surface area contributed by atoms with Crippen molar-refractivity contribution in [3.8, 4) is 0 Å². The molecule has 23 heavy (non-hydrogen) atoms. The van der Waals surface area contributed by atoms with Crippen LogP contribution in [0.4, 0.5) is 5.69 Å². The van der Waals surface area contributed by atoms with E-state index in [1.165, 1.54) is 5.56 Å². The number of pyridine rings is 1. The molecular weight excluding hydrogens is 284 g/mol. The van der Waals surface area contributed by atoms with Crippen molar-refractivity contribution in [3.63, 3.8) is 0 Å². The molecule has 0 saturated heterocycles. The zero-order chi connectivity index (χ0) is 15.9. The van der Waals surface area contributed by atoms with Crippen LogP contribution in [0, 0.1) is 0 Å². The van der Waals surface area contributed by atoms with Crippen molar-refractivity contribution >= 4 is 11.6 Å². The summed E-state index contributed by atoms with van der Waals surface area (Å²) in [5.74, 6) is -0.0902. The van der Waals surface area contributed by atoms with Crippen molar-refractivity contribution in [2.24, 2.45) is 0 Å². The van der Waals surface area contributed by atoms with E-state index in [9.17, 15) is 4.79 Å². The van der Waals surface area contributed by atoms with Gasteiger partial charge in [-0.2, -0.15) is 0 Å². The third-order valence-electron chi connectivity index (χ3n) is 3.69. The van der Waals surface area contributed by atoms with Gasteiger partial charge in [-0.3, -0.25) is 4.79 Å². The minimum absolute atomic E-state index is 0.0902. The number of benzene rings is 2. The molecule has 1 heterocycles. The maximum Gasteiger partial charge on any atom is 0.255 e. The predicted octanol–water partition coefficient (Wildman–Crippen LogP) is 3.47. The minimum atomic E-state index is -0.0902. The molecule has 0 spiro atoms. The van der Waals surface area contributed by atoms with Crippen LogP contribution in [0.5, 0.6) is 0 Å². The Morgan fingerprint density at radius 1 is 0.826 bits per heavy atom. The lowest BCUT2D eigenvalue weighted by atomic mass is 10.1. The molecule has 0 aliphatic heterocycles. The average Bonchev–Trinajstić information content (AvgIpc) is 2.63. The van der Waals surface area contributed by atoms with Crippen LogP contribution in [-0.4, -0.2) is 5.91 Å². The summed E-state index contributed by atoms with van der Waals surface area (Å²) in [6.07, 6.45) is 4.97. The first-order chi connectivity index (χ1) is 11.3. The van der Waals surface area contributed by atoms with Gasteiger partial charge in [0.05, 0.1) is 5.69 Å². The number of amides is 1. The second-order valence-electron chi connectivity index (χ2n) is 5.38. The number of nitrogens with zero attached hydrogens (tertiary/aromatic N) is 1. The molecule has 3 aromatic rings. The highest BCUT2D eigenvalue weighted by atomic mass is 16.1. The van der Waals surface area contributed by atoms with Crippen LogP contribution in [0.25, 0.3) is 0 Å². The van der Waals surface area contributed by atoms with Gasteiger partial charge in [0.15, 0.2) is 18.9 Å². The summed E-state index contributed by atoms with van der Waals surface area (Å²) in [6.45, 7) is 0.914. The van der Waals surface area contributed by atoms with Crippen molar-refractivity contribution in [2.75, 3.05) is 5.32 Å². The van der Waals surface area contributed by atoms with E-state index in [0.29, 0.717) is 5.56 Å². The number of hydrogen-bond donors (Lipinski definition) is 1. The fourth-order valence-electron chi connectivity index (χ4n) is 2.39. The summed E-state index contributed by atoms with van der Waals surface area (Å²) >= 11 is 0. The first-order valence-electron chi connectivity index (χ1n) is 7.71. The Labute approximate surface area is 136 Å². The number of nitrogens with one attached hydrogen (secondary N) is 1. The van der Waals surface area contributed by atoms with Crippen LogP contribution in [-0.2, 0) is 13.0 Å². The highest BCUT2D eigenvalue weighted by Crippen LogP contribution is 2.07. The van der Waals surface area contributed by atoms with E-state index in [-0.39, 0.29) is 5.91 Å². The van der Waals surface area contributed by atoms with Gasteiger partial charge in [-0.25, -0.2) is 4.57 Å². The lowest BCUT2D eigenvalue weighted by molar-refractivity contribution is -0.696. The summed E-state index contributed by atoms with van der Waals surface area (Å²) in [5.41, 5.74) is 2.78. The number of carbonyl (C=O) groups excluding carboxylic acids is 1. The van der Waals surface area contributed by atoms with E-state index >= 15 is 0 Å². The van der Waals surface area contributed by atoms with E-state index in [1.54, 1.807) is 12.1 Å².